The quantitative estimate of drug-likeness (QED) is 0.872. The molecule has 1 N–H and O–H groups in total. The number of benzene rings is 1. The maximum Gasteiger partial charge on any atom is 0.387 e. The highest BCUT2D eigenvalue weighted by Crippen LogP contribution is 2.25. The van der Waals surface area contributed by atoms with Crippen LogP contribution < -0.4 is 10.1 Å². The zero-order chi connectivity index (χ0) is 15.2. The topological polar surface area (TPSA) is 33.7 Å². The van der Waals surface area contributed by atoms with Crippen molar-refractivity contribution < 1.29 is 18.3 Å². The van der Waals surface area contributed by atoms with Crippen molar-refractivity contribution in [1.29, 1.82) is 0 Å². The predicted molar refractivity (Wildman–Crippen MR) is 77.0 cm³/mol. The van der Waals surface area contributed by atoms with Gasteiger partial charge in [-0.3, -0.25) is 4.90 Å². The average Bonchev–Trinajstić information content (AvgIpc) is 2.42. The summed E-state index contributed by atoms with van der Waals surface area (Å²) in [4.78, 5) is 2.00. The summed E-state index contributed by atoms with van der Waals surface area (Å²) in [5.74, 6) is 0.156. The first-order chi connectivity index (χ1) is 10.0. The second kappa shape index (κ2) is 7.89. The molecule has 1 aromatic carbocycles. The van der Waals surface area contributed by atoms with Crippen LogP contribution in [0.2, 0.25) is 5.02 Å². The first kappa shape index (κ1) is 16.4. The summed E-state index contributed by atoms with van der Waals surface area (Å²) in [6.07, 6.45) is 0.0994. The SMILES string of the molecule is CN(Cc1cc(Cl)ccc1OC(F)F)CC1CNCCO1. The van der Waals surface area contributed by atoms with Crippen LogP contribution >= 0.6 is 11.6 Å². The molecule has 7 heteroatoms. The highest BCUT2D eigenvalue weighted by molar-refractivity contribution is 6.30. The van der Waals surface area contributed by atoms with Crippen molar-refractivity contribution in [2.75, 3.05) is 33.3 Å². The number of hydrogen-bond donors (Lipinski definition) is 1. The summed E-state index contributed by atoms with van der Waals surface area (Å²) in [6, 6.07) is 4.66. The Hall–Kier alpha value is -0.950. The fraction of sp³-hybridized carbons (Fsp3) is 0.571. The lowest BCUT2D eigenvalue weighted by Crippen LogP contribution is -2.44. The maximum absolute atomic E-state index is 12.4. The van der Waals surface area contributed by atoms with Gasteiger partial charge in [0.2, 0.25) is 0 Å². The lowest BCUT2D eigenvalue weighted by atomic mass is 10.2. The third-order valence-corrected chi connectivity index (χ3v) is 3.43. The molecule has 1 aliphatic rings. The van der Waals surface area contributed by atoms with E-state index in [0.29, 0.717) is 30.3 Å². The summed E-state index contributed by atoms with van der Waals surface area (Å²) in [7, 11) is 1.91. The molecule has 0 aromatic heterocycles. The molecule has 4 nitrogen and oxygen atoms in total. The van der Waals surface area contributed by atoms with E-state index in [4.69, 9.17) is 16.3 Å². The maximum atomic E-state index is 12.4. The van der Waals surface area contributed by atoms with Gasteiger partial charge in [-0.1, -0.05) is 11.6 Å². The Morgan fingerprint density at radius 2 is 2.33 bits per heavy atom. The first-order valence-electron chi connectivity index (χ1n) is 6.78. The van der Waals surface area contributed by atoms with Crippen molar-refractivity contribution in [3.63, 3.8) is 0 Å². The number of halogens is 3. The normalized spacial score (nSPS) is 19.2. The number of ether oxygens (including phenoxy) is 2. The number of hydrogen-bond acceptors (Lipinski definition) is 4. The minimum Gasteiger partial charge on any atom is -0.434 e. The van der Waals surface area contributed by atoms with E-state index in [0.717, 1.165) is 13.1 Å². The molecule has 0 saturated carbocycles. The molecule has 1 saturated heterocycles. The van der Waals surface area contributed by atoms with Gasteiger partial charge in [0, 0.05) is 36.8 Å². The summed E-state index contributed by atoms with van der Waals surface area (Å²) < 4.78 is 35.0. The van der Waals surface area contributed by atoms with Crippen LogP contribution in [0.1, 0.15) is 5.56 Å². The predicted octanol–water partition coefficient (Wildman–Crippen LogP) is 2.36. The second-order valence-corrected chi connectivity index (χ2v) is 5.46. The van der Waals surface area contributed by atoms with E-state index in [1.807, 2.05) is 11.9 Å². The van der Waals surface area contributed by atoms with Crippen molar-refractivity contribution >= 4 is 11.6 Å². The molecule has 1 heterocycles. The highest BCUT2D eigenvalue weighted by Gasteiger charge is 2.17. The van der Waals surface area contributed by atoms with Crippen LogP contribution in [0.4, 0.5) is 8.78 Å². The minimum atomic E-state index is -2.85. The Morgan fingerprint density at radius 1 is 1.52 bits per heavy atom. The first-order valence-corrected chi connectivity index (χ1v) is 7.16. The zero-order valence-corrected chi connectivity index (χ0v) is 12.6. The third-order valence-electron chi connectivity index (χ3n) is 3.20. The second-order valence-electron chi connectivity index (χ2n) is 5.02. The molecule has 118 valence electrons. The molecule has 2 rings (SSSR count). The molecule has 1 aliphatic heterocycles. The molecule has 1 unspecified atom stereocenters. The number of nitrogens with one attached hydrogen (secondary N) is 1. The molecule has 1 fully saturated rings. The monoisotopic (exact) mass is 320 g/mol. The van der Waals surface area contributed by atoms with Gasteiger partial charge in [0.1, 0.15) is 5.75 Å². The van der Waals surface area contributed by atoms with Crippen molar-refractivity contribution in [2.45, 2.75) is 19.3 Å². The number of morpholine rings is 1. The van der Waals surface area contributed by atoms with Crippen molar-refractivity contribution in [3.05, 3.63) is 28.8 Å². The van der Waals surface area contributed by atoms with Gasteiger partial charge in [-0.05, 0) is 25.2 Å². The molecule has 1 aromatic rings. The fourth-order valence-corrected chi connectivity index (χ4v) is 2.52. The fourth-order valence-electron chi connectivity index (χ4n) is 2.32. The number of rotatable bonds is 6. The van der Waals surface area contributed by atoms with Gasteiger partial charge in [-0.15, -0.1) is 0 Å². The number of likely N-dealkylation sites (N-methyl/N-ethyl adjacent to an activating group) is 1. The molecule has 0 spiro atoms. The van der Waals surface area contributed by atoms with E-state index >= 15 is 0 Å². The van der Waals surface area contributed by atoms with Gasteiger partial charge >= 0.3 is 6.61 Å². The van der Waals surface area contributed by atoms with Crippen LogP contribution in [0.5, 0.6) is 5.75 Å². The summed E-state index contributed by atoms with van der Waals surface area (Å²) in [5, 5.41) is 3.75. The largest absolute Gasteiger partial charge is 0.434 e. The Bertz CT molecular complexity index is 457. The Morgan fingerprint density at radius 3 is 3.00 bits per heavy atom. The standard InChI is InChI=1S/C14H19ClF2N2O2/c1-19(9-12-7-18-4-5-20-12)8-10-6-11(15)2-3-13(10)21-14(16)17/h2-3,6,12,14,18H,4-5,7-9H2,1H3. The molecular weight excluding hydrogens is 302 g/mol. The third kappa shape index (κ3) is 5.39. The zero-order valence-electron chi connectivity index (χ0n) is 11.8. The van der Waals surface area contributed by atoms with E-state index in [-0.39, 0.29) is 11.9 Å². The summed E-state index contributed by atoms with van der Waals surface area (Å²) in [5.41, 5.74) is 0.633. The molecular formula is C14H19ClF2N2O2. The Kier molecular flexibility index (Phi) is 6.17. The van der Waals surface area contributed by atoms with E-state index < -0.39 is 6.61 Å². The van der Waals surface area contributed by atoms with Gasteiger partial charge in [0.25, 0.3) is 0 Å². The lowest BCUT2D eigenvalue weighted by molar-refractivity contribution is -0.0509. The Balaban J connectivity index is 1.98. The molecule has 0 radical (unpaired) electrons. The van der Waals surface area contributed by atoms with Gasteiger partial charge in [-0.2, -0.15) is 8.78 Å². The van der Waals surface area contributed by atoms with Gasteiger partial charge in [0.05, 0.1) is 12.7 Å². The van der Waals surface area contributed by atoms with Crippen molar-refractivity contribution in [3.8, 4) is 5.75 Å². The van der Waals surface area contributed by atoms with E-state index in [1.54, 1.807) is 6.07 Å². The van der Waals surface area contributed by atoms with E-state index in [1.165, 1.54) is 12.1 Å². The van der Waals surface area contributed by atoms with Crippen LogP contribution in [0.15, 0.2) is 18.2 Å². The molecule has 0 bridgehead atoms. The molecule has 1 atom stereocenters. The number of alkyl halides is 2. The van der Waals surface area contributed by atoms with E-state index in [9.17, 15) is 8.78 Å². The highest BCUT2D eigenvalue weighted by atomic mass is 35.5. The summed E-state index contributed by atoms with van der Waals surface area (Å²) in [6.45, 7) is 0.660. The molecule has 0 amide bonds. The summed E-state index contributed by atoms with van der Waals surface area (Å²) >= 11 is 5.93. The lowest BCUT2D eigenvalue weighted by Gasteiger charge is -2.28. The van der Waals surface area contributed by atoms with Crippen molar-refractivity contribution in [1.82, 2.24) is 10.2 Å². The van der Waals surface area contributed by atoms with E-state index in [2.05, 4.69) is 10.1 Å². The molecule has 21 heavy (non-hydrogen) atoms. The average molecular weight is 321 g/mol. The van der Waals surface area contributed by atoms with Crippen LogP contribution in [0.25, 0.3) is 0 Å². The minimum absolute atomic E-state index is 0.0994. The van der Waals surface area contributed by atoms with Crippen LogP contribution in [0.3, 0.4) is 0 Å². The Labute approximate surface area is 128 Å². The molecule has 0 aliphatic carbocycles. The van der Waals surface area contributed by atoms with Crippen LogP contribution in [-0.4, -0.2) is 50.9 Å². The van der Waals surface area contributed by atoms with Gasteiger partial charge in [0.15, 0.2) is 0 Å². The van der Waals surface area contributed by atoms with Gasteiger partial charge < -0.3 is 14.8 Å². The van der Waals surface area contributed by atoms with Gasteiger partial charge in [-0.25, -0.2) is 0 Å². The number of nitrogens with zero attached hydrogens (tertiary/aromatic N) is 1. The van der Waals surface area contributed by atoms with Crippen LogP contribution in [0, 0.1) is 0 Å². The smallest absolute Gasteiger partial charge is 0.387 e. The van der Waals surface area contributed by atoms with Crippen molar-refractivity contribution in [2.24, 2.45) is 0 Å². The van der Waals surface area contributed by atoms with Crippen LogP contribution in [-0.2, 0) is 11.3 Å².